The third-order valence-corrected chi connectivity index (χ3v) is 2.57. The van der Waals surface area contributed by atoms with Crippen molar-refractivity contribution in [3.8, 4) is 5.75 Å². The number of nitrogens with two attached hydrogens (primary N) is 2. The number of rotatable bonds is 4. The SMILES string of the molecule is CCC(Oc1c(N)cccc1Br)C(N)=O. The topological polar surface area (TPSA) is 78.3 Å². The second kappa shape index (κ2) is 5.02. The van der Waals surface area contributed by atoms with Gasteiger partial charge in [0.25, 0.3) is 5.91 Å². The first-order valence-electron chi connectivity index (χ1n) is 4.56. The van der Waals surface area contributed by atoms with Crippen LogP contribution in [0.4, 0.5) is 5.69 Å². The Bertz CT molecular complexity index is 348. The van der Waals surface area contributed by atoms with Gasteiger partial charge in [0, 0.05) is 0 Å². The van der Waals surface area contributed by atoms with Crippen molar-refractivity contribution >= 4 is 27.5 Å². The highest BCUT2D eigenvalue weighted by Crippen LogP contribution is 2.31. The van der Waals surface area contributed by atoms with Crippen LogP contribution in [0, 0.1) is 0 Å². The summed E-state index contributed by atoms with van der Waals surface area (Å²) in [6.07, 6.45) is -0.137. The molecule has 4 N–H and O–H groups in total. The smallest absolute Gasteiger partial charge is 0.258 e. The van der Waals surface area contributed by atoms with Crippen LogP contribution in [0.5, 0.6) is 5.75 Å². The molecule has 0 aliphatic heterocycles. The van der Waals surface area contributed by atoms with Gasteiger partial charge in [-0.2, -0.15) is 0 Å². The summed E-state index contributed by atoms with van der Waals surface area (Å²) in [6, 6.07) is 5.28. The minimum atomic E-state index is -0.647. The highest BCUT2D eigenvalue weighted by Gasteiger charge is 2.17. The lowest BCUT2D eigenvalue weighted by Crippen LogP contribution is -2.33. The van der Waals surface area contributed by atoms with Gasteiger partial charge >= 0.3 is 0 Å². The monoisotopic (exact) mass is 272 g/mol. The highest BCUT2D eigenvalue weighted by atomic mass is 79.9. The Balaban J connectivity index is 2.92. The number of benzene rings is 1. The molecule has 0 radical (unpaired) electrons. The molecule has 0 spiro atoms. The average Bonchev–Trinajstić information content (AvgIpc) is 2.17. The van der Waals surface area contributed by atoms with Gasteiger partial charge in [-0.3, -0.25) is 4.79 Å². The Labute approximate surface area is 96.7 Å². The first-order chi connectivity index (χ1) is 7.06. The lowest BCUT2D eigenvalue weighted by Gasteiger charge is -2.16. The van der Waals surface area contributed by atoms with Gasteiger partial charge in [-0.25, -0.2) is 0 Å². The summed E-state index contributed by atoms with van der Waals surface area (Å²) in [5.74, 6) is -0.0317. The molecular weight excluding hydrogens is 260 g/mol. The number of hydrogen-bond acceptors (Lipinski definition) is 3. The summed E-state index contributed by atoms with van der Waals surface area (Å²) >= 11 is 3.30. The zero-order valence-corrected chi connectivity index (χ0v) is 9.95. The van der Waals surface area contributed by atoms with E-state index in [0.717, 1.165) is 0 Å². The van der Waals surface area contributed by atoms with Crippen molar-refractivity contribution in [3.05, 3.63) is 22.7 Å². The summed E-state index contributed by atoms with van der Waals surface area (Å²) in [6.45, 7) is 1.82. The van der Waals surface area contributed by atoms with E-state index < -0.39 is 12.0 Å². The van der Waals surface area contributed by atoms with Crippen LogP contribution in [-0.4, -0.2) is 12.0 Å². The van der Waals surface area contributed by atoms with Gasteiger partial charge < -0.3 is 16.2 Å². The third-order valence-electron chi connectivity index (χ3n) is 1.95. The Morgan fingerprint density at radius 2 is 2.27 bits per heavy atom. The second-order valence-corrected chi connectivity index (χ2v) is 3.93. The molecule has 1 aromatic rings. The summed E-state index contributed by atoms with van der Waals surface area (Å²) < 4.78 is 6.15. The lowest BCUT2D eigenvalue weighted by molar-refractivity contribution is -0.124. The molecule has 1 amide bonds. The zero-order valence-electron chi connectivity index (χ0n) is 8.37. The molecule has 1 aromatic carbocycles. The van der Waals surface area contributed by atoms with Crippen LogP contribution in [-0.2, 0) is 4.79 Å². The Morgan fingerprint density at radius 3 is 2.73 bits per heavy atom. The normalized spacial score (nSPS) is 12.1. The number of hydrogen-bond donors (Lipinski definition) is 2. The molecule has 0 aliphatic carbocycles. The molecule has 1 unspecified atom stereocenters. The Kier molecular flexibility index (Phi) is 3.96. The van der Waals surface area contributed by atoms with Crippen molar-refractivity contribution in [1.29, 1.82) is 0 Å². The van der Waals surface area contributed by atoms with Gasteiger partial charge in [-0.05, 0) is 34.5 Å². The number of carbonyl (C=O) groups is 1. The molecule has 0 saturated heterocycles. The summed E-state index contributed by atoms with van der Waals surface area (Å²) in [5, 5.41) is 0. The molecule has 0 heterocycles. The molecule has 82 valence electrons. The maximum atomic E-state index is 11.0. The number of primary amides is 1. The van der Waals surface area contributed by atoms with Crippen LogP contribution >= 0.6 is 15.9 Å². The fourth-order valence-electron chi connectivity index (χ4n) is 1.13. The predicted molar refractivity (Wildman–Crippen MR) is 62.5 cm³/mol. The van der Waals surface area contributed by atoms with E-state index in [0.29, 0.717) is 22.3 Å². The number of para-hydroxylation sites is 1. The van der Waals surface area contributed by atoms with Crippen molar-refractivity contribution < 1.29 is 9.53 Å². The van der Waals surface area contributed by atoms with Gasteiger partial charge in [0.05, 0.1) is 10.2 Å². The molecule has 5 heteroatoms. The van der Waals surface area contributed by atoms with Crippen LogP contribution in [0.2, 0.25) is 0 Å². The van der Waals surface area contributed by atoms with Gasteiger partial charge in [0.15, 0.2) is 11.9 Å². The number of amides is 1. The highest BCUT2D eigenvalue weighted by molar-refractivity contribution is 9.10. The largest absolute Gasteiger partial charge is 0.477 e. The number of nitrogen functional groups attached to an aromatic ring is 1. The van der Waals surface area contributed by atoms with Crippen molar-refractivity contribution in [2.24, 2.45) is 5.73 Å². The molecule has 1 rings (SSSR count). The molecule has 0 bridgehead atoms. The Hall–Kier alpha value is -1.23. The minimum Gasteiger partial charge on any atom is -0.477 e. The molecular formula is C10H13BrN2O2. The first kappa shape index (κ1) is 11.8. The van der Waals surface area contributed by atoms with E-state index in [2.05, 4.69) is 15.9 Å². The second-order valence-electron chi connectivity index (χ2n) is 3.08. The fraction of sp³-hybridized carbons (Fsp3) is 0.300. The standard InChI is InChI=1S/C10H13BrN2O2/c1-2-8(10(13)14)15-9-6(11)4-3-5-7(9)12/h3-5,8H,2,12H2,1H3,(H2,13,14). The number of halogens is 1. The van der Waals surface area contributed by atoms with E-state index in [1.165, 1.54) is 0 Å². The molecule has 15 heavy (non-hydrogen) atoms. The van der Waals surface area contributed by atoms with E-state index in [-0.39, 0.29) is 0 Å². The first-order valence-corrected chi connectivity index (χ1v) is 5.35. The lowest BCUT2D eigenvalue weighted by atomic mass is 10.2. The van der Waals surface area contributed by atoms with Crippen LogP contribution in [0.1, 0.15) is 13.3 Å². The van der Waals surface area contributed by atoms with E-state index >= 15 is 0 Å². The van der Waals surface area contributed by atoms with Crippen molar-refractivity contribution in [2.75, 3.05) is 5.73 Å². The van der Waals surface area contributed by atoms with Crippen molar-refractivity contribution in [2.45, 2.75) is 19.4 Å². The maximum absolute atomic E-state index is 11.0. The van der Waals surface area contributed by atoms with Gasteiger partial charge in [0.2, 0.25) is 0 Å². The predicted octanol–water partition coefficient (Wildman–Crippen LogP) is 1.67. The van der Waals surface area contributed by atoms with Crippen LogP contribution < -0.4 is 16.2 Å². The maximum Gasteiger partial charge on any atom is 0.258 e. The van der Waals surface area contributed by atoms with Crippen molar-refractivity contribution in [1.82, 2.24) is 0 Å². The van der Waals surface area contributed by atoms with Gasteiger partial charge in [-0.15, -0.1) is 0 Å². The van der Waals surface area contributed by atoms with E-state index in [1.807, 2.05) is 6.92 Å². The molecule has 0 saturated carbocycles. The minimum absolute atomic E-state index is 0.461. The fourth-order valence-corrected chi connectivity index (χ4v) is 1.61. The van der Waals surface area contributed by atoms with Crippen LogP contribution in [0.3, 0.4) is 0 Å². The van der Waals surface area contributed by atoms with Crippen LogP contribution in [0.15, 0.2) is 22.7 Å². The van der Waals surface area contributed by atoms with E-state index in [9.17, 15) is 4.79 Å². The molecule has 4 nitrogen and oxygen atoms in total. The zero-order chi connectivity index (χ0) is 11.4. The van der Waals surface area contributed by atoms with Crippen LogP contribution in [0.25, 0.3) is 0 Å². The number of carbonyl (C=O) groups excluding carboxylic acids is 1. The summed E-state index contributed by atoms with van der Waals surface area (Å²) in [7, 11) is 0. The molecule has 0 aromatic heterocycles. The van der Waals surface area contributed by atoms with Gasteiger partial charge in [0.1, 0.15) is 0 Å². The number of anilines is 1. The third kappa shape index (κ3) is 2.86. The number of ether oxygens (including phenoxy) is 1. The van der Waals surface area contributed by atoms with Crippen molar-refractivity contribution in [3.63, 3.8) is 0 Å². The molecule has 0 fully saturated rings. The summed E-state index contributed by atoms with van der Waals surface area (Å²) in [4.78, 5) is 11.0. The Morgan fingerprint density at radius 1 is 1.60 bits per heavy atom. The summed E-state index contributed by atoms with van der Waals surface area (Å²) in [5.41, 5.74) is 11.4. The molecule has 1 atom stereocenters. The van der Waals surface area contributed by atoms with E-state index in [1.54, 1.807) is 18.2 Å². The average molecular weight is 273 g/mol. The molecule has 0 aliphatic rings. The quantitative estimate of drug-likeness (QED) is 0.819. The van der Waals surface area contributed by atoms with E-state index in [4.69, 9.17) is 16.2 Å². The van der Waals surface area contributed by atoms with Gasteiger partial charge in [-0.1, -0.05) is 13.0 Å².